The minimum absolute atomic E-state index is 0.0786. The number of anilines is 1. The lowest BCUT2D eigenvalue weighted by Gasteiger charge is -2.20. The fourth-order valence-electron chi connectivity index (χ4n) is 3.48. The minimum atomic E-state index is -0.626. The smallest absolute Gasteiger partial charge is 0.269 e. The molecule has 10 heteroatoms. The quantitative estimate of drug-likeness (QED) is 0.442. The second-order valence-electron chi connectivity index (χ2n) is 6.91. The lowest BCUT2D eigenvalue weighted by Crippen LogP contribution is -2.28. The van der Waals surface area contributed by atoms with Gasteiger partial charge >= 0.3 is 0 Å². The lowest BCUT2D eigenvalue weighted by molar-refractivity contribution is 0.635. The molecule has 0 amide bonds. The molecule has 5 rings (SSSR count). The zero-order valence-corrected chi connectivity index (χ0v) is 16.9. The molecule has 0 aliphatic rings. The summed E-state index contributed by atoms with van der Waals surface area (Å²) in [6.45, 7) is 1.83. The van der Waals surface area contributed by atoms with Gasteiger partial charge in [-0.25, -0.2) is 24.3 Å². The second-order valence-corrected chi connectivity index (χ2v) is 7.35. The van der Waals surface area contributed by atoms with Crippen molar-refractivity contribution in [3.8, 4) is 5.69 Å². The predicted molar refractivity (Wildman–Crippen MR) is 116 cm³/mol. The molecule has 2 N–H and O–H groups in total. The van der Waals surface area contributed by atoms with Crippen molar-refractivity contribution in [2.45, 2.75) is 13.0 Å². The van der Waals surface area contributed by atoms with Crippen molar-refractivity contribution in [1.29, 1.82) is 0 Å². The highest BCUT2D eigenvalue weighted by molar-refractivity contribution is 6.30. The second kappa shape index (κ2) is 7.44. The van der Waals surface area contributed by atoms with Gasteiger partial charge in [-0.15, -0.1) is 0 Å². The van der Waals surface area contributed by atoms with E-state index in [1.807, 2.05) is 6.92 Å². The molecule has 0 aliphatic carbocycles. The third-order valence-corrected chi connectivity index (χ3v) is 5.17. The summed E-state index contributed by atoms with van der Waals surface area (Å²) in [7, 11) is 0. The van der Waals surface area contributed by atoms with Crippen LogP contribution in [-0.4, -0.2) is 29.5 Å². The summed E-state index contributed by atoms with van der Waals surface area (Å²) in [5.74, 6) is 0.238. The van der Waals surface area contributed by atoms with Crippen molar-refractivity contribution < 1.29 is 4.39 Å². The number of hydrogen-bond donors (Lipinski definition) is 2. The third-order valence-electron chi connectivity index (χ3n) is 4.92. The van der Waals surface area contributed by atoms with Crippen LogP contribution < -0.4 is 10.9 Å². The van der Waals surface area contributed by atoms with Gasteiger partial charge in [0, 0.05) is 5.02 Å². The van der Waals surface area contributed by atoms with Gasteiger partial charge in [0.1, 0.15) is 28.9 Å². The molecule has 2 aromatic carbocycles. The predicted octanol–water partition coefficient (Wildman–Crippen LogP) is 4.02. The van der Waals surface area contributed by atoms with Gasteiger partial charge < -0.3 is 10.3 Å². The van der Waals surface area contributed by atoms with Gasteiger partial charge in [-0.1, -0.05) is 17.7 Å². The maximum atomic E-state index is 14.5. The number of benzene rings is 2. The van der Waals surface area contributed by atoms with E-state index in [4.69, 9.17) is 11.6 Å². The molecule has 0 aliphatic heterocycles. The monoisotopic (exact) mass is 435 g/mol. The van der Waals surface area contributed by atoms with Crippen LogP contribution in [0.4, 0.5) is 10.2 Å². The summed E-state index contributed by atoms with van der Waals surface area (Å²) in [5, 5.41) is 3.68. The molecule has 5 aromatic rings. The van der Waals surface area contributed by atoms with E-state index in [9.17, 15) is 9.18 Å². The van der Waals surface area contributed by atoms with Crippen LogP contribution in [-0.2, 0) is 0 Å². The maximum absolute atomic E-state index is 14.5. The largest absolute Gasteiger partial charge is 0.358 e. The number of rotatable bonds is 4. The van der Waals surface area contributed by atoms with Crippen LogP contribution in [0.1, 0.15) is 18.8 Å². The first kappa shape index (κ1) is 19.1. The summed E-state index contributed by atoms with van der Waals surface area (Å²) in [5.41, 5.74) is 1.41. The Bertz CT molecular complexity index is 1480. The topological polar surface area (TPSA) is 101 Å². The molecule has 154 valence electrons. The van der Waals surface area contributed by atoms with Crippen molar-refractivity contribution in [2.24, 2.45) is 0 Å². The fraction of sp³-hybridized carbons (Fsp3) is 0.0952. The van der Waals surface area contributed by atoms with Crippen molar-refractivity contribution in [3.05, 3.63) is 82.1 Å². The molecule has 31 heavy (non-hydrogen) atoms. The lowest BCUT2D eigenvalue weighted by atomic mass is 10.2. The van der Waals surface area contributed by atoms with E-state index in [1.165, 1.54) is 29.4 Å². The summed E-state index contributed by atoms with van der Waals surface area (Å²) >= 11 is 6.01. The minimum Gasteiger partial charge on any atom is -0.358 e. The maximum Gasteiger partial charge on any atom is 0.269 e. The van der Waals surface area contributed by atoms with E-state index in [-0.39, 0.29) is 10.9 Å². The number of halogens is 2. The third kappa shape index (κ3) is 3.28. The number of fused-ring (bicyclic) bond motifs is 2. The Morgan fingerprint density at radius 1 is 1.13 bits per heavy atom. The number of H-pyrrole nitrogens is 1. The highest BCUT2D eigenvalue weighted by atomic mass is 35.5. The van der Waals surface area contributed by atoms with Gasteiger partial charge in [-0.05, 0) is 43.3 Å². The average molecular weight is 436 g/mol. The Morgan fingerprint density at radius 2 is 1.94 bits per heavy atom. The Labute approximate surface area is 179 Å². The van der Waals surface area contributed by atoms with Crippen LogP contribution in [0.15, 0.2) is 59.9 Å². The zero-order valence-electron chi connectivity index (χ0n) is 16.2. The molecule has 8 nitrogen and oxygen atoms in total. The van der Waals surface area contributed by atoms with Crippen LogP contribution >= 0.6 is 11.6 Å². The molecule has 1 unspecified atom stereocenters. The van der Waals surface area contributed by atoms with Crippen molar-refractivity contribution in [1.82, 2.24) is 29.5 Å². The Balaban J connectivity index is 1.71. The molecular weight excluding hydrogens is 421 g/mol. The van der Waals surface area contributed by atoms with Gasteiger partial charge in [0.2, 0.25) is 0 Å². The molecule has 0 spiro atoms. The average Bonchev–Trinajstić information content (AvgIpc) is 3.24. The Hall–Kier alpha value is -3.85. The van der Waals surface area contributed by atoms with E-state index in [2.05, 4.69) is 30.2 Å². The summed E-state index contributed by atoms with van der Waals surface area (Å²) in [4.78, 5) is 33.5. The Kier molecular flexibility index (Phi) is 4.59. The van der Waals surface area contributed by atoms with E-state index < -0.39 is 17.4 Å². The van der Waals surface area contributed by atoms with Gasteiger partial charge in [0.25, 0.3) is 5.56 Å². The number of imidazole rings is 1. The zero-order chi connectivity index (χ0) is 21.5. The molecule has 0 radical (unpaired) electrons. The van der Waals surface area contributed by atoms with E-state index >= 15 is 0 Å². The molecule has 0 fully saturated rings. The van der Waals surface area contributed by atoms with Gasteiger partial charge in [-0.2, -0.15) is 0 Å². The summed E-state index contributed by atoms with van der Waals surface area (Å²) < 4.78 is 15.9. The molecule has 3 heterocycles. The molecule has 0 saturated heterocycles. The molecule has 0 bridgehead atoms. The van der Waals surface area contributed by atoms with Crippen LogP contribution in [0, 0.1) is 5.82 Å². The van der Waals surface area contributed by atoms with E-state index in [0.29, 0.717) is 33.5 Å². The number of nitrogens with one attached hydrogen (secondary N) is 2. The number of aromatic nitrogens is 6. The molecule has 3 aromatic heterocycles. The summed E-state index contributed by atoms with van der Waals surface area (Å²) in [6, 6.07) is 10.6. The molecule has 0 saturated carbocycles. The Morgan fingerprint density at radius 3 is 2.74 bits per heavy atom. The fourth-order valence-corrected chi connectivity index (χ4v) is 3.60. The van der Waals surface area contributed by atoms with Gasteiger partial charge in [-0.3, -0.25) is 9.36 Å². The van der Waals surface area contributed by atoms with Crippen LogP contribution in [0.5, 0.6) is 0 Å². The highest BCUT2D eigenvalue weighted by Gasteiger charge is 2.21. The normalized spacial score (nSPS) is 12.4. The first-order valence-corrected chi connectivity index (χ1v) is 9.78. The van der Waals surface area contributed by atoms with Crippen LogP contribution in [0.3, 0.4) is 0 Å². The standard InChI is InChI=1S/C21H15ClFN7O/c1-11(28-19-17-18(25-9-24-17)26-10-27-19)20-29-15-4-2-3-14(23)16(15)21(31)30(20)13-7-5-12(22)6-8-13/h2-11H,1H3,(H2,24,25,26,27,28). The van der Waals surface area contributed by atoms with Crippen LogP contribution in [0.2, 0.25) is 5.02 Å². The first-order valence-electron chi connectivity index (χ1n) is 9.40. The highest BCUT2D eigenvalue weighted by Crippen LogP contribution is 2.24. The number of hydrogen-bond acceptors (Lipinski definition) is 6. The van der Waals surface area contributed by atoms with Crippen molar-refractivity contribution in [3.63, 3.8) is 0 Å². The van der Waals surface area contributed by atoms with Crippen molar-refractivity contribution >= 4 is 39.5 Å². The number of nitrogens with zero attached hydrogens (tertiary/aromatic N) is 5. The molecule has 1 atom stereocenters. The number of aromatic amines is 1. The van der Waals surface area contributed by atoms with E-state index in [0.717, 1.165) is 0 Å². The first-order chi connectivity index (χ1) is 15.0. The molecular formula is C21H15ClFN7O. The summed E-state index contributed by atoms with van der Waals surface area (Å²) in [6.07, 6.45) is 2.93. The van der Waals surface area contributed by atoms with Crippen molar-refractivity contribution in [2.75, 3.05) is 5.32 Å². The van der Waals surface area contributed by atoms with Crippen LogP contribution in [0.25, 0.3) is 27.8 Å². The van der Waals surface area contributed by atoms with E-state index in [1.54, 1.807) is 30.3 Å². The SMILES string of the molecule is CC(Nc1ncnc2[nH]cnc12)c1nc2cccc(F)c2c(=O)n1-c1ccc(Cl)cc1. The van der Waals surface area contributed by atoms with Gasteiger partial charge in [0.15, 0.2) is 11.5 Å². The van der Waals surface area contributed by atoms with Gasteiger partial charge in [0.05, 0.1) is 23.6 Å².